The summed E-state index contributed by atoms with van der Waals surface area (Å²) >= 11 is 0. The first-order valence-electron chi connectivity index (χ1n) is 10.4. The first kappa shape index (κ1) is 21.3. The van der Waals surface area contributed by atoms with Crippen LogP contribution in [0.25, 0.3) is 0 Å². The normalized spacial score (nSPS) is 20.1. The van der Waals surface area contributed by atoms with Gasteiger partial charge in [-0.15, -0.1) is 0 Å². The highest BCUT2D eigenvalue weighted by atomic mass is 19.1. The fourth-order valence-electron chi connectivity index (χ4n) is 3.80. The van der Waals surface area contributed by atoms with Gasteiger partial charge < -0.3 is 18.8 Å². The predicted molar refractivity (Wildman–Crippen MR) is 111 cm³/mol. The van der Waals surface area contributed by atoms with E-state index in [1.807, 2.05) is 22.1 Å². The van der Waals surface area contributed by atoms with Crippen LogP contribution in [0.2, 0.25) is 0 Å². The number of rotatable bonds is 7. The summed E-state index contributed by atoms with van der Waals surface area (Å²) in [6.45, 7) is 4.51. The van der Waals surface area contributed by atoms with E-state index in [2.05, 4.69) is 0 Å². The zero-order valence-corrected chi connectivity index (χ0v) is 17.5. The zero-order chi connectivity index (χ0) is 21.8. The van der Waals surface area contributed by atoms with Crippen molar-refractivity contribution in [2.24, 2.45) is 0 Å². The van der Waals surface area contributed by atoms with E-state index in [-0.39, 0.29) is 11.9 Å². The number of hydroxylamine groups is 2. The number of ketones is 1. The van der Waals surface area contributed by atoms with Crippen LogP contribution in [0.5, 0.6) is 0 Å². The maximum Gasteiger partial charge on any atom is 0.414 e. The lowest BCUT2D eigenvalue weighted by Gasteiger charge is -2.24. The number of Topliss-reactive ketones (excluding diaryl/α,β-unsaturated/α-hetero) is 1. The smallest absolute Gasteiger partial charge is 0.414 e. The Morgan fingerprint density at radius 2 is 2.10 bits per heavy atom. The summed E-state index contributed by atoms with van der Waals surface area (Å²) in [5.74, 6) is 0.453. The summed E-state index contributed by atoms with van der Waals surface area (Å²) in [6.07, 6.45) is 1.57. The molecule has 3 heterocycles. The number of halogens is 1. The van der Waals surface area contributed by atoms with Gasteiger partial charge in [0.25, 0.3) is 0 Å². The molecule has 0 N–H and O–H groups in total. The summed E-state index contributed by atoms with van der Waals surface area (Å²) in [6, 6.07) is 8.48. The molecule has 31 heavy (non-hydrogen) atoms. The molecule has 0 bridgehead atoms. The van der Waals surface area contributed by atoms with Crippen molar-refractivity contribution in [2.75, 3.05) is 42.6 Å². The number of anilines is 2. The van der Waals surface area contributed by atoms with Crippen LogP contribution >= 0.6 is 0 Å². The van der Waals surface area contributed by atoms with Crippen LogP contribution < -0.4 is 9.80 Å². The Kier molecular flexibility index (Phi) is 6.53. The molecule has 1 atom stereocenters. The van der Waals surface area contributed by atoms with Gasteiger partial charge in [-0.05, 0) is 43.7 Å². The zero-order valence-electron chi connectivity index (χ0n) is 17.5. The van der Waals surface area contributed by atoms with Gasteiger partial charge in [0, 0.05) is 26.1 Å². The Balaban J connectivity index is 1.38. The van der Waals surface area contributed by atoms with Crippen LogP contribution in [0.4, 0.5) is 20.6 Å². The number of furan rings is 1. The van der Waals surface area contributed by atoms with Gasteiger partial charge in [0.1, 0.15) is 23.5 Å². The Morgan fingerprint density at radius 1 is 1.23 bits per heavy atom. The number of amides is 1. The molecule has 0 spiro atoms. The van der Waals surface area contributed by atoms with E-state index in [4.69, 9.17) is 14.0 Å². The maximum absolute atomic E-state index is 15.0. The predicted octanol–water partition coefficient (Wildman–Crippen LogP) is 3.37. The third-order valence-electron chi connectivity index (χ3n) is 5.44. The van der Waals surface area contributed by atoms with Gasteiger partial charge in [0.05, 0.1) is 37.3 Å². The topological polar surface area (TPSA) is 75.5 Å². The van der Waals surface area contributed by atoms with Crippen molar-refractivity contribution in [3.63, 3.8) is 0 Å². The van der Waals surface area contributed by atoms with Crippen LogP contribution in [-0.2, 0) is 20.9 Å². The number of carbonyl (C=O) groups excluding carboxylic acids is 2. The number of hydrogen-bond acceptors (Lipinski definition) is 7. The molecular formula is C22H26FN3O5. The van der Waals surface area contributed by atoms with Crippen molar-refractivity contribution in [3.05, 3.63) is 48.2 Å². The second kappa shape index (κ2) is 9.49. The second-order valence-corrected chi connectivity index (χ2v) is 7.76. The van der Waals surface area contributed by atoms with E-state index >= 15 is 0 Å². The van der Waals surface area contributed by atoms with Crippen molar-refractivity contribution in [1.29, 1.82) is 0 Å². The first-order valence-corrected chi connectivity index (χ1v) is 10.4. The van der Waals surface area contributed by atoms with Crippen molar-refractivity contribution in [2.45, 2.75) is 32.4 Å². The molecule has 1 amide bonds. The number of ether oxygens (including phenoxy) is 1. The third kappa shape index (κ3) is 5.23. The van der Waals surface area contributed by atoms with E-state index in [1.54, 1.807) is 18.4 Å². The number of carbonyl (C=O) groups is 2. The largest absolute Gasteiger partial charge is 0.468 e. The van der Waals surface area contributed by atoms with Gasteiger partial charge in [-0.3, -0.25) is 9.74 Å². The van der Waals surface area contributed by atoms with Crippen LogP contribution in [0.3, 0.4) is 0 Å². The summed E-state index contributed by atoms with van der Waals surface area (Å²) in [5.41, 5.74) is 0.912. The Hall–Kier alpha value is -2.91. The van der Waals surface area contributed by atoms with E-state index in [0.717, 1.165) is 5.76 Å². The Labute approximate surface area is 180 Å². The molecule has 2 aliphatic heterocycles. The lowest BCUT2D eigenvalue weighted by atomic mass is 10.1. The lowest BCUT2D eigenvalue weighted by molar-refractivity contribution is -0.157. The third-order valence-corrected chi connectivity index (χ3v) is 5.44. The average Bonchev–Trinajstić information content (AvgIpc) is 3.31. The molecule has 0 unspecified atom stereocenters. The fourth-order valence-corrected chi connectivity index (χ4v) is 3.80. The van der Waals surface area contributed by atoms with Gasteiger partial charge in [-0.1, -0.05) is 0 Å². The molecule has 0 radical (unpaired) electrons. The maximum atomic E-state index is 15.0. The van der Waals surface area contributed by atoms with Crippen molar-refractivity contribution >= 4 is 23.3 Å². The van der Waals surface area contributed by atoms with Crippen LogP contribution in [0.1, 0.15) is 25.5 Å². The summed E-state index contributed by atoms with van der Waals surface area (Å²) in [7, 11) is 0. The Morgan fingerprint density at radius 3 is 2.84 bits per heavy atom. The van der Waals surface area contributed by atoms with Gasteiger partial charge in [-0.2, -0.15) is 5.06 Å². The van der Waals surface area contributed by atoms with E-state index in [0.29, 0.717) is 63.5 Å². The highest BCUT2D eigenvalue weighted by Crippen LogP contribution is 2.29. The molecule has 0 aliphatic carbocycles. The molecule has 166 valence electrons. The minimum Gasteiger partial charge on any atom is -0.468 e. The Bertz CT molecular complexity index is 920. The highest BCUT2D eigenvalue weighted by molar-refractivity contribution is 5.90. The summed E-state index contributed by atoms with van der Waals surface area (Å²) < 4.78 is 25.6. The number of benzene rings is 1. The molecular weight excluding hydrogens is 405 g/mol. The highest BCUT2D eigenvalue weighted by Gasteiger charge is 2.33. The monoisotopic (exact) mass is 431 g/mol. The standard InChI is InChI=1S/C22H26FN3O5/c1-16(27)4-6-19-15-26(22(28)31-19)17-5-7-21(20(23)13-17)24-8-9-25(30-12-10-24)14-18-3-2-11-29-18/h2-3,5,7,11,13,19H,4,6,8-10,12,14-15H2,1H3/t19-/m0/s1. The molecule has 0 saturated carbocycles. The van der Waals surface area contributed by atoms with E-state index in [1.165, 1.54) is 17.9 Å². The molecule has 4 rings (SSSR count). The van der Waals surface area contributed by atoms with Crippen molar-refractivity contribution in [3.8, 4) is 0 Å². The van der Waals surface area contributed by atoms with Gasteiger partial charge in [0.15, 0.2) is 0 Å². The second-order valence-electron chi connectivity index (χ2n) is 7.76. The number of cyclic esters (lactones) is 1. The summed E-state index contributed by atoms with van der Waals surface area (Å²) in [5, 5.41) is 1.81. The lowest BCUT2D eigenvalue weighted by Crippen LogP contribution is -2.31. The summed E-state index contributed by atoms with van der Waals surface area (Å²) in [4.78, 5) is 32.5. The molecule has 9 heteroatoms. The average molecular weight is 431 g/mol. The molecule has 8 nitrogen and oxygen atoms in total. The number of nitrogens with zero attached hydrogens (tertiary/aromatic N) is 3. The minimum absolute atomic E-state index is 0.0500. The van der Waals surface area contributed by atoms with E-state index < -0.39 is 11.9 Å². The molecule has 2 aliphatic rings. The van der Waals surface area contributed by atoms with Crippen LogP contribution in [0.15, 0.2) is 41.0 Å². The van der Waals surface area contributed by atoms with Gasteiger partial charge in [0.2, 0.25) is 0 Å². The first-order chi connectivity index (χ1) is 15.0. The van der Waals surface area contributed by atoms with Gasteiger partial charge in [-0.25, -0.2) is 9.18 Å². The number of hydrogen-bond donors (Lipinski definition) is 0. The van der Waals surface area contributed by atoms with Crippen molar-refractivity contribution in [1.82, 2.24) is 5.06 Å². The van der Waals surface area contributed by atoms with Crippen LogP contribution in [-0.4, -0.2) is 55.8 Å². The van der Waals surface area contributed by atoms with Gasteiger partial charge >= 0.3 is 6.09 Å². The molecule has 2 saturated heterocycles. The molecule has 2 fully saturated rings. The fraction of sp³-hybridized carbons (Fsp3) is 0.455. The minimum atomic E-state index is -0.516. The van der Waals surface area contributed by atoms with Crippen molar-refractivity contribution < 1.29 is 28.0 Å². The molecule has 1 aromatic heterocycles. The molecule has 1 aromatic carbocycles. The SMILES string of the molecule is CC(=O)CC[C@H]1CN(c2ccc(N3CCON(Cc4ccco4)CC3)c(F)c2)C(=O)O1. The van der Waals surface area contributed by atoms with E-state index in [9.17, 15) is 14.0 Å². The van der Waals surface area contributed by atoms with Crippen LogP contribution in [0, 0.1) is 5.82 Å². The molecule has 2 aromatic rings. The quantitative estimate of drug-likeness (QED) is 0.665.